The van der Waals surface area contributed by atoms with Crippen LogP contribution in [-0.4, -0.2) is 24.3 Å². The third-order valence-corrected chi connectivity index (χ3v) is 2.08. The zero-order valence-electron chi connectivity index (χ0n) is 11.9. The summed E-state index contributed by atoms with van der Waals surface area (Å²) in [5.74, 6) is 0. The van der Waals surface area contributed by atoms with Crippen molar-refractivity contribution in [2.45, 2.75) is 40.9 Å². The quantitative estimate of drug-likeness (QED) is 0.342. The second-order valence-corrected chi connectivity index (χ2v) is 5.55. The topological polar surface area (TPSA) is 46.5 Å². The largest absolute Gasteiger partial charge is 0.364 e. The van der Waals surface area contributed by atoms with Crippen LogP contribution in [0.3, 0.4) is 0 Å². The first-order valence-electron chi connectivity index (χ1n) is 6.03. The molecular formula is C15H24O3. The van der Waals surface area contributed by atoms with Crippen LogP contribution >= 0.6 is 0 Å². The molecular weight excluding hydrogens is 228 g/mol. The maximum absolute atomic E-state index is 10.3. The van der Waals surface area contributed by atoms with Crippen LogP contribution in [0.1, 0.15) is 34.6 Å². The van der Waals surface area contributed by atoms with Gasteiger partial charge in [0.05, 0.1) is 6.61 Å². The normalized spacial score (nSPS) is 16.1. The zero-order valence-corrected chi connectivity index (χ0v) is 11.9. The molecule has 1 unspecified atom stereocenters. The molecule has 102 valence electrons. The van der Waals surface area contributed by atoms with Crippen LogP contribution in [0.5, 0.6) is 0 Å². The maximum Gasteiger partial charge on any atom is 0.177 e. The second-order valence-electron chi connectivity index (χ2n) is 5.55. The van der Waals surface area contributed by atoms with E-state index in [2.05, 4.69) is 0 Å². The molecule has 3 heteroatoms. The highest BCUT2D eigenvalue weighted by Gasteiger charge is 2.14. The number of hydrogen-bond donors (Lipinski definition) is 1. The molecule has 0 spiro atoms. The van der Waals surface area contributed by atoms with Crippen LogP contribution in [-0.2, 0) is 9.53 Å². The average Bonchev–Trinajstić information content (AvgIpc) is 2.29. The standard InChI is InChI=1S/C15H24O3/c1-12(10-16)8-6-7-9-13(2)14(17)18-11-15(3,4)5/h6-10,14,17H,11H2,1-5H3. The van der Waals surface area contributed by atoms with Gasteiger partial charge < -0.3 is 9.84 Å². The number of rotatable bonds is 6. The van der Waals surface area contributed by atoms with Crippen molar-refractivity contribution in [3.05, 3.63) is 35.5 Å². The lowest BCUT2D eigenvalue weighted by Gasteiger charge is -2.21. The first kappa shape index (κ1) is 16.8. The number of allylic oxidation sites excluding steroid dienone is 5. The summed E-state index contributed by atoms with van der Waals surface area (Å²) in [6, 6.07) is 0. The number of carbonyl (C=O) groups excluding carboxylic acids is 1. The number of aldehydes is 1. The third-order valence-electron chi connectivity index (χ3n) is 2.08. The molecule has 0 aliphatic rings. The lowest BCUT2D eigenvalue weighted by atomic mass is 9.99. The van der Waals surface area contributed by atoms with E-state index in [0.29, 0.717) is 12.2 Å². The Labute approximate surface area is 110 Å². The van der Waals surface area contributed by atoms with E-state index >= 15 is 0 Å². The van der Waals surface area contributed by atoms with Gasteiger partial charge in [-0.1, -0.05) is 45.1 Å². The van der Waals surface area contributed by atoms with Gasteiger partial charge in [-0.25, -0.2) is 0 Å². The Morgan fingerprint density at radius 2 is 1.78 bits per heavy atom. The zero-order chi connectivity index (χ0) is 14.2. The molecule has 0 heterocycles. The van der Waals surface area contributed by atoms with Crippen molar-refractivity contribution >= 4 is 6.29 Å². The Kier molecular flexibility index (Phi) is 7.48. The fourth-order valence-electron chi connectivity index (χ4n) is 0.997. The molecule has 0 saturated carbocycles. The molecule has 3 nitrogen and oxygen atoms in total. The van der Waals surface area contributed by atoms with E-state index in [1.165, 1.54) is 0 Å². The molecule has 0 radical (unpaired) electrons. The summed E-state index contributed by atoms with van der Waals surface area (Å²) >= 11 is 0. The van der Waals surface area contributed by atoms with Gasteiger partial charge in [0.1, 0.15) is 6.29 Å². The average molecular weight is 252 g/mol. The van der Waals surface area contributed by atoms with Crippen LogP contribution in [0.4, 0.5) is 0 Å². The monoisotopic (exact) mass is 252 g/mol. The van der Waals surface area contributed by atoms with Gasteiger partial charge in [0.25, 0.3) is 0 Å². The Balaban J connectivity index is 4.29. The van der Waals surface area contributed by atoms with Gasteiger partial charge in [-0.3, -0.25) is 4.79 Å². The number of aliphatic hydroxyl groups excluding tert-OH is 1. The van der Waals surface area contributed by atoms with Crippen LogP contribution in [0.15, 0.2) is 35.5 Å². The second kappa shape index (κ2) is 8.01. The van der Waals surface area contributed by atoms with Crippen molar-refractivity contribution in [3.63, 3.8) is 0 Å². The van der Waals surface area contributed by atoms with E-state index in [-0.39, 0.29) is 5.41 Å². The molecule has 1 atom stereocenters. The fraction of sp³-hybridized carbons (Fsp3) is 0.533. The molecule has 18 heavy (non-hydrogen) atoms. The lowest BCUT2D eigenvalue weighted by Crippen LogP contribution is -2.22. The maximum atomic E-state index is 10.3. The number of ether oxygens (including phenoxy) is 1. The molecule has 0 fully saturated rings. The minimum atomic E-state index is -0.884. The molecule has 0 aromatic rings. The summed E-state index contributed by atoms with van der Waals surface area (Å²) in [4.78, 5) is 10.3. The minimum Gasteiger partial charge on any atom is -0.364 e. The first-order chi connectivity index (χ1) is 8.26. The Hall–Kier alpha value is -1.19. The Morgan fingerprint density at radius 1 is 1.22 bits per heavy atom. The van der Waals surface area contributed by atoms with Gasteiger partial charge in [-0.05, 0) is 30.4 Å². The summed E-state index contributed by atoms with van der Waals surface area (Å²) < 4.78 is 5.35. The van der Waals surface area contributed by atoms with Gasteiger partial charge in [-0.2, -0.15) is 0 Å². The van der Waals surface area contributed by atoms with Crippen molar-refractivity contribution in [2.75, 3.05) is 6.61 Å². The van der Waals surface area contributed by atoms with Gasteiger partial charge in [-0.15, -0.1) is 0 Å². The fourth-order valence-corrected chi connectivity index (χ4v) is 0.997. The summed E-state index contributed by atoms with van der Waals surface area (Å²) in [5, 5.41) is 9.74. The van der Waals surface area contributed by atoms with E-state index in [9.17, 15) is 9.90 Å². The van der Waals surface area contributed by atoms with Crippen molar-refractivity contribution in [2.24, 2.45) is 5.41 Å². The van der Waals surface area contributed by atoms with Crippen molar-refractivity contribution < 1.29 is 14.6 Å². The smallest absolute Gasteiger partial charge is 0.177 e. The lowest BCUT2D eigenvalue weighted by molar-refractivity contribution is -0.104. The molecule has 0 aliphatic carbocycles. The van der Waals surface area contributed by atoms with Crippen LogP contribution in [0, 0.1) is 5.41 Å². The molecule has 0 amide bonds. The van der Waals surface area contributed by atoms with Crippen molar-refractivity contribution in [3.8, 4) is 0 Å². The molecule has 0 saturated heterocycles. The van der Waals surface area contributed by atoms with Crippen molar-refractivity contribution in [1.82, 2.24) is 0 Å². The molecule has 0 rings (SSSR count). The summed E-state index contributed by atoms with van der Waals surface area (Å²) in [7, 11) is 0. The molecule has 0 bridgehead atoms. The number of aliphatic hydroxyl groups is 1. The highest BCUT2D eigenvalue weighted by atomic mass is 16.6. The predicted octanol–water partition coefficient (Wildman–Crippen LogP) is 3.02. The Morgan fingerprint density at radius 3 is 2.28 bits per heavy atom. The van der Waals surface area contributed by atoms with Crippen LogP contribution in [0.2, 0.25) is 0 Å². The highest BCUT2D eigenvalue weighted by molar-refractivity contribution is 5.72. The van der Waals surface area contributed by atoms with Crippen LogP contribution < -0.4 is 0 Å². The summed E-state index contributed by atoms with van der Waals surface area (Å²) in [6.07, 6.45) is 6.91. The predicted molar refractivity (Wildman–Crippen MR) is 74.1 cm³/mol. The third kappa shape index (κ3) is 8.90. The number of hydrogen-bond acceptors (Lipinski definition) is 3. The summed E-state index contributed by atoms with van der Waals surface area (Å²) in [5.41, 5.74) is 1.41. The van der Waals surface area contributed by atoms with E-state index in [1.807, 2.05) is 20.8 Å². The highest BCUT2D eigenvalue weighted by Crippen LogP contribution is 2.15. The molecule has 0 aliphatic heterocycles. The van der Waals surface area contributed by atoms with Gasteiger partial charge in [0, 0.05) is 0 Å². The molecule has 0 aromatic heterocycles. The van der Waals surface area contributed by atoms with E-state index in [4.69, 9.17) is 4.74 Å². The Bertz CT molecular complexity index is 343. The number of carbonyl (C=O) groups is 1. The SMILES string of the molecule is CC(C=O)=CC=CC=C(C)C(O)OCC(C)(C)C. The molecule has 1 N–H and O–H groups in total. The van der Waals surface area contributed by atoms with E-state index < -0.39 is 6.29 Å². The summed E-state index contributed by atoms with van der Waals surface area (Å²) in [6.45, 7) is 10.2. The van der Waals surface area contributed by atoms with Gasteiger partial charge in [0.2, 0.25) is 0 Å². The first-order valence-corrected chi connectivity index (χ1v) is 6.03. The minimum absolute atomic E-state index is 0.0287. The van der Waals surface area contributed by atoms with Crippen molar-refractivity contribution in [1.29, 1.82) is 0 Å². The van der Waals surface area contributed by atoms with E-state index in [0.717, 1.165) is 11.9 Å². The van der Waals surface area contributed by atoms with Gasteiger partial charge in [0.15, 0.2) is 6.29 Å². The van der Waals surface area contributed by atoms with Gasteiger partial charge >= 0.3 is 0 Å². The molecule has 0 aromatic carbocycles. The van der Waals surface area contributed by atoms with Crippen LogP contribution in [0.25, 0.3) is 0 Å². The van der Waals surface area contributed by atoms with E-state index in [1.54, 1.807) is 38.2 Å².